The minimum absolute atomic E-state index is 0.365. The van der Waals surface area contributed by atoms with Crippen molar-refractivity contribution in [3.63, 3.8) is 0 Å². The Hall–Kier alpha value is -2.73. The fraction of sp³-hybridized carbons (Fsp3) is 0.211. The van der Waals surface area contributed by atoms with Crippen molar-refractivity contribution < 1.29 is 9.53 Å². The van der Waals surface area contributed by atoms with E-state index in [9.17, 15) is 4.79 Å². The number of hydrogen-bond acceptors (Lipinski definition) is 4. The van der Waals surface area contributed by atoms with E-state index in [4.69, 9.17) is 12.2 Å². The zero-order valence-corrected chi connectivity index (χ0v) is 15.3. The van der Waals surface area contributed by atoms with Crippen LogP contribution in [-0.4, -0.2) is 24.4 Å². The number of methoxy groups -OCH3 is 1. The number of hydrazone groups is 1. The molecule has 6 heteroatoms. The molecule has 0 unspecified atom stereocenters. The third kappa shape index (κ3) is 5.69. The molecule has 130 valence electrons. The Morgan fingerprint density at radius 3 is 2.32 bits per heavy atom. The lowest BCUT2D eigenvalue weighted by atomic mass is 10.0. The van der Waals surface area contributed by atoms with E-state index < -0.39 is 0 Å². The predicted molar refractivity (Wildman–Crippen MR) is 105 cm³/mol. The summed E-state index contributed by atoms with van der Waals surface area (Å²) in [6.07, 6.45) is 1.62. The molecule has 25 heavy (non-hydrogen) atoms. The van der Waals surface area contributed by atoms with Crippen LogP contribution in [0.15, 0.2) is 53.6 Å². The second kappa shape index (κ2) is 8.94. The molecule has 0 aliphatic rings. The Morgan fingerprint density at radius 2 is 1.76 bits per heavy atom. The minimum Gasteiger partial charge on any atom is -0.465 e. The van der Waals surface area contributed by atoms with Gasteiger partial charge in [-0.25, -0.2) is 4.79 Å². The Balaban J connectivity index is 1.86. The molecule has 0 fully saturated rings. The molecule has 0 atom stereocenters. The van der Waals surface area contributed by atoms with Crippen LogP contribution in [0, 0.1) is 0 Å². The molecule has 0 aliphatic heterocycles. The maximum absolute atomic E-state index is 11.4. The van der Waals surface area contributed by atoms with Crippen LogP contribution in [0.5, 0.6) is 0 Å². The average Bonchev–Trinajstić information content (AvgIpc) is 2.62. The van der Waals surface area contributed by atoms with E-state index in [2.05, 4.69) is 46.6 Å². The number of nitrogens with zero attached hydrogens (tertiary/aromatic N) is 1. The molecule has 0 radical (unpaired) electrons. The largest absolute Gasteiger partial charge is 0.465 e. The quantitative estimate of drug-likeness (QED) is 0.368. The fourth-order valence-electron chi connectivity index (χ4n) is 2.10. The van der Waals surface area contributed by atoms with Crippen LogP contribution in [0.4, 0.5) is 5.69 Å². The molecule has 0 heterocycles. The van der Waals surface area contributed by atoms with Crippen molar-refractivity contribution in [2.75, 3.05) is 12.4 Å². The van der Waals surface area contributed by atoms with Crippen LogP contribution in [0.2, 0.25) is 0 Å². The molecule has 0 amide bonds. The Morgan fingerprint density at radius 1 is 1.12 bits per heavy atom. The summed E-state index contributed by atoms with van der Waals surface area (Å²) in [6, 6.07) is 15.0. The van der Waals surface area contributed by atoms with Crippen molar-refractivity contribution in [2.45, 2.75) is 19.8 Å². The molecule has 0 spiro atoms. The van der Waals surface area contributed by atoms with Crippen molar-refractivity contribution in [3.05, 3.63) is 65.2 Å². The topological polar surface area (TPSA) is 62.7 Å². The zero-order valence-electron chi connectivity index (χ0n) is 14.4. The number of nitrogens with one attached hydrogen (secondary N) is 2. The third-order valence-electron chi connectivity index (χ3n) is 3.55. The number of rotatable bonds is 5. The van der Waals surface area contributed by atoms with Crippen LogP contribution in [0.1, 0.15) is 41.3 Å². The summed E-state index contributed by atoms with van der Waals surface area (Å²) in [4.78, 5) is 11.4. The molecule has 2 N–H and O–H groups in total. The van der Waals surface area contributed by atoms with E-state index in [0.717, 1.165) is 11.3 Å². The minimum atomic E-state index is -0.365. The highest BCUT2D eigenvalue weighted by Gasteiger charge is 2.03. The molecule has 2 aromatic rings. The normalized spacial score (nSPS) is 10.7. The van der Waals surface area contributed by atoms with Gasteiger partial charge in [-0.1, -0.05) is 38.1 Å². The van der Waals surface area contributed by atoms with Gasteiger partial charge in [-0.3, -0.25) is 5.43 Å². The Kier molecular flexibility index (Phi) is 6.65. The average molecular weight is 355 g/mol. The lowest BCUT2D eigenvalue weighted by molar-refractivity contribution is 0.0600. The highest BCUT2D eigenvalue weighted by atomic mass is 32.1. The molecule has 0 saturated carbocycles. The van der Waals surface area contributed by atoms with Crippen LogP contribution >= 0.6 is 12.2 Å². The molecule has 2 aromatic carbocycles. The summed E-state index contributed by atoms with van der Waals surface area (Å²) in [5, 5.41) is 7.56. The standard InChI is InChI=1S/C19H21N3O2S/c1-13(2)15-8-10-17(11-9-15)21-19(25)22-20-12-14-4-6-16(7-5-14)18(23)24-3/h4-13H,1-3H3,(H2,21,22,25)/b20-12+. The van der Waals surface area contributed by atoms with Crippen LogP contribution < -0.4 is 10.7 Å². The summed E-state index contributed by atoms with van der Waals surface area (Å²) >= 11 is 5.21. The van der Waals surface area contributed by atoms with Crippen LogP contribution in [0.3, 0.4) is 0 Å². The highest BCUT2D eigenvalue weighted by Crippen LogP contribution is 2.16. The van der Waals surface area contributed by atoms with Gasteiger partial charge in [-0.15, -0.1) is 0 Å². The summed E-state index contributed by atoms with van der Waals surface area (Å²) in [5.41, 5.74) is 6.27. The van der Waals surface area contributed by atoms with Gasteiger partial charge in [0.05, 0.1) is 18.9 Å². The van der Waals surface area contributed by atoms with Gasteiger partial charge < -0.3 is 10.1 Å². The first-order chi connectivity index (χ1) is 12.0. The van der Waals surface area contributed by atoms with Gasteiger partial charge in [0.25, 0.3) is 0 Å². The van der Waals surface area contributed by atoms with Gasteiger partial charge in [0.15, 0.2) is 5.11 Å². The zero-order chi connectivity index (χ0) is 18.2. The smallest absolute Gasteiger partial charge is 0.337 e. The number of carbonyl (C=O) groups is 1. The summed E-state index contributed by atoms with van der Waals surface area (Å²) in [7, 11) is 1.35. The van der Waals surface area contributed by atoms with Crippen LogP contribution in [0.25, 0.3) is 0 Å². The Labute approximate surface area is 153 Å². The molecule has 2 rings (SSSR count). The van der Waals surface area contributed by atoms with Crippen molar-refractivity contribution >= 4 is 35.2 Å². The number of thiocarbonyl (C=S) groups is 1. The number of hydrogen-bond donors (Lipinski definition) is 2. The second-order valence-corrected chi connectivity index (χ2v) is 6.12. The van der Waals surface area contributed by atoms with E-state index in [1.54, 1.807) is 30.5 Å². The number of esters is 1. The van der Waals surface area contributed by atoms with Crippen molar-refractivity contribution in [3.8, 4) is 0 Å². The van der Waals surface area contributed by atoms with E-state index in [-0.39, 0.29) is 5.97 Å². The van der Waals surface area contributed by atoms with E-state index in [0.29, 0.717) is 16.6 Å². The molecule has 0 aromatic heterocycles. The predicted octanol–water partition coefficient (Wildman–Crippen LogP) is 3.92. The van der Waals surface area contributed by atoms with Gasteiger partial charge in [0.1, 0.15) is 0 Å². The van der Waals surface area contributed by atoms with Gasteiger partial charge >= 0.3 is 5.97 Å². The van der Waals surface area contributed by atoms with E-state index >= 15 is 0 Å². The first-order valence-electron chi connectivity index (χ1n) is 7.88. The highest BCUT2D eigenvalue weighted by molar-refractivity contribution is 7.80. The molecular weight excluding hydrogens is 334 g/mol. The molecule has 0 bridgehead atoms. The Bertz CT molecular complexity index is 753. The SMILES string of the molecule is COC(=O)c1ccc(/C=N/NC(=S)Nc2ccc(C(C)C)cc2)cc1. The van der Waals surface area contributed by atoms with Gasteiger partial charge in [-0.05, 0) is 53.5 Å². The monoisotopic (exact) mass is 355 g/mol. The number of benzene rings is 2. The summed E-state index contributed by atoms with van der Waals surface area (Å²) in [5.74, 6) is 0.129. The maximum Gasteiger partial charge on any atom is 0.337 e. The maximum atomic E-state index is 11.4. The van der Waals surface area contributed by atoms with Gasteiger partial charge in [0.2, 0.25) is 0 Å². The van der Waals surface area contributed by atoms with Crippen molar-refractivity contribution in [2.24, 2.45) is 5.10 Å². The lowest BCUT2D eigenvalue weighted by Crippen LogP contribution is -2.23. The number of ether oxygens (including phenoxy) is 1. The van der Waals surface area contributed by atoms with Gasteiger partial charge in [0, 0.05) is 5.69 Å². The molecule has 0 saturated heterocycles. The molecular formula is C19H21N3O2S. The van der Waals surface area contributed by atoms with E-state index in [1.165, 1.54) is 12.7 Å². The number of anilines is 1. The number of carbonyl (C=O) groups excluding carboxylic acids is 1. The molecule has 5 nitrogen and oxygen atoms in total. The molecule has 0 aliphatic carbocycles. The van der Waals surface area contributed by atoms with Crippen molar-refractivity contribution in [1.29, 1.82) is 0 Å². The summed E-state index contributed by atoms with van der Waals surface area (Å²) in [6.45, 7) is 4.31. The fourth-order valence-corrected chi connectivity index (χ4v) is 2.27. The van der Waals surface area contributed by atoms with Gasteiger partial charge in [-0.2, -0.15) is 5.10 Å². The first kappa shape index (κ1) is 18.6. The third-order valence-corrected chi connectivity index (χ3v) is 3.74. The lowest BCUT2D eigenvalue weighted by Gasteiger charge is -2.09. The van der Waals surface area contributed by atoms with Crippen LogP contribution in [-0.2, 0) is 4.74 Å². The van der Waals surface area contributed by atoms with E-state index in [1.807, 2.05) is 12.1 Å². The first-order valence-corrected chi connectivity index (χ1v) is 8.29. The van der Waals surface area contributed by atoms with Crippen molar-refractivity contribution in [1.82, 2.24) is 5.43 Å². The second-order valence-electron chi connectivity index (χ2n) is 5.71. The summed E-state index contributed by atoms with van der Waals surface area (Å²) < 4.78 is 4.66.